The highest BCUT2D eigenvalue weighted by Crippen LogP contribution is 2.18. The molecule has 70 valence electrons. The first-order valence-electron chi connectivity index (χ1n) is 4.27. The second kappa shape index (κ2) is 3.10. The summed E-state index contributed by atoms with van der Waals surface area (Å²) in [5.41, 5.74) is 1.17. The van der Waals surface area contributed by atoms with Gasteiger partial charge in [-0.25, -0.2) is 4.98 Å². The molecule has 1 aromatic carbocycles. The van der Waals surface area contributed by atoms with Crippen molar-refractivity contribution in [3.8, 4) is 5.75 Å². The van der Waals surface area contributed by atoms with Crippen molar-refractivity contribution >= 4 is 16.7 Å². The van der Waals surface area contributed by atoms with E-state index in [0.29, 0.717) is 5.69 Å². The van der Waals surface area contributed by atoms with E-state index >= 15 is 0 Å². The lowest BCUT2D eigenvalue weighted by molar-refractivity contribution is 0.101. The molecule has 2 aromatic rings. The van der Waals surface area contributed by atoms with Crippen LogP contribution in [0.4, 0.5) is 0 Å². The molecule has 1 heterocycles. The van der Waals surface area contributed by atoms with Crippen LogP contribution >= 0.6 is 0 Å². The Morgan fingerprint density at radius 2 is 2.07 bits per heavy atom. The molecule has 0 atom stereocenters. The Labute approximate surface area is 81.0 Å². The average Bonchev–Trinajstić information content (AvgIpc) is 2.16. The van der Waals surface area contributed by atoms with Crippen LogP contribution in [0.15, 0.2) is 30.3 Å². The SMILES string of the molecule is CC(=O)c1ccc2cc(O)ccc2n1. The lowest BCUT2D eigenvalue weighted by Crippen LogP contribution is -1.95. The fourth-order valence-corrected chi connectivity index (χ4v) is 1.31. The number of carbonyl (C=O) groups excluding carboxylic acids is 1. The van der Waals surface area contributed by atoms with Crippen LogP contribution in [0.1, 0.15) is 17.4 Å². The van der Waals surface area contributed by atoms with Gasteiger partial charge in [0.05, 0.1) is 5.52 Å². The van der Waals surface area contributed by atoms with Crippen molar-refractivity contribution in [3.05, 3.63) is 36.0 Å². The maximum atomic E-state index is 11.0. The molecule has 0 radical (unpaired) electrons. The Bertz CT molecular complexity index is 506. The fourth-order valence-electron chi connectivity index (χ4n) is 1.31. The fraction of sp³-hybridized carbons (Fsp3) is 0.0909. The maximum absolute atomic E-state index is 11.0. The minimum Gasteiger partial charge on any atom is -0.508 e. The van der Waals surface area contributed by atoms with E-state index in [9.17, 15) is 9.90 Å². The quantitative estimate of drug-likeness (QED) is 0.696. The summed E-state index contributed by atoms with van der Waals surface area (Å²) >= 11 is 0. The summed E-state index contributed by atoms with van der Waals surface area (Å²) in [4.78, 5) is 15.2. The Kier molecular flexibility index (Phi) is 1.93. The maximum Gasteiger partial charge on any atom is 0.178 e. The Morgan fingerprint density at radius 3 is 2.79 bits per heavy atom. The van der Waals surface area contributed by atoms with Crippen molar-refractivity contribution < 1.29 is 9.90 Å². The predicted molar refractivity (Wildman–Crippen MR) is 53.4 cm³/mol. The van der Waals surface area contributed by atoms with E-state index in [4.69, 9.17) is 0 Å². The normalized spacial score (nSPS) is 10.4. The number of aromatic nitrogens is 1. The zero-order valence-corrected chi connectivity index (χ0v) is 7.69. The largest absolute Gasteiger partial charge is 0.508 e. The lowest BCUT2D eigenvalue weighted by atomic mass is 10.2. The number of Topliss-reactive ketones (excluding diaryl/α,β-unsaturated/α-hetero) is 1. The predicted octanol–water partition coefficient (Wildman–Crippen LogP) is 2.14. The molecule has 0 aliphatic carbocycles. The van der Waals surface area contributed by atoms with Crippen molar-refractivity contribution in [3.63, 3.8) is 0 Å². The second-order valence-corrected chi connectivity index (χ2v) is 3.13. The van der Waals surface area contributed by atoms with E-state index in [1.54, 1.807) is 30.3 Å². The average molecular weight is 187 g/mol. The van der Waals surface area contributed by atoms with Crippen LogP contribution in [0, 0.1) is 0 Å². The number of benzene rings is 1. The topological polar surface area (TPSA) is 50.2 Å². The van der Waals surface area contributed by atoms with Crippen LogP contribution < -0.4 is 0 Å². The smallest absolute Gasteiger partial charge is 0.178 e. The van der Waals surface area contributed by atoms with Crippen molar-refractivity contribution in [1.82, 2.24) is 4.98 Å². The molecule has 3 heteroatoms. The number of ketones is 1. The van der Waals surface area contributed by atoms with Gasteiger partial charge >= 0.3 is 0 Å². The number of phenols is 1. The molecule has 0 saturated heterocycles. The third-order valence-corrected chi connectivity index (χ3v) is 2.03. The van der Waals surface area contributed by atoms with Crippen molar-refractivity contribution in [2.75, 3.05) is 0 Å². The summed E-state index contributed by atoms with van der Waals surface area (Å²) in [5.74, 6) is 0.148. The molecule has 0 unspecified atom stereocenters. The molecule has 2 rings (SSSR count). The summed E-state index contributed by atoms with van der Waals surface area (Å²) in [6.07, 6.45) is 0. The summed E-state index contributed by atoms with van der Waals surface area (Å²) in [6.45, 7) is 1.48. The highest BCUT2D eigenvalue weighted by molar-refractivity contribution is 5.94. The Balaban J connectivity index is 2.67. The van der Waals surface area contributed by atoms with Crippen LogP contribution in [-0.2, 0) is 0 Å². The highest BCUT2D eigenvalue weighted by atomic mass is 16.3. The third kappa shape index (κ3) is 1.44. The highest BCUT2D eigenvalue weighted by Gasteiger charge is 2.02. The molecule has 0 fully saturated rings. The number of nitrogens with zero attached hydrogens (tertiary/aromatic N) is 1. The minimum absolute atomic E-state index is 0.0556. The van der Waals surface area contributed by atoms with E-state index in [-0.39, 0.29) is 11.5 Å². The molecule has 14 heavy (non-hydrogen) atoms. The van der Waals surface area contributed by atoms with E-state index in [1.807, 2.05) is 0 Å². The van der Waals surface area contributed by atoms with Gasteiger partial charge in [-0.2, -0.15) is 0 Å². The van der Waals surface area contributed by atoms with Crippen LogP contribution in [0.3, 0.4) is 0 Å². The summed E-state index contributed by atoms with van der Waals surface area (Å²) in [5, 5.41) is 10.0. The number of hydrogen-bond acceptors (Lipinski definition) is 3. The number of carbonyl (C=O) groups is 1. The van der Waals surface area contributed by atoms with Gasteiger partial charge in [0.15, 0.2) is 5.78 Å². The summed E-state index contributed by atoms with van der Waals surface area (Å²) in [6, 6.07) is 8.30. The van der Waals surface area contributed by atoms with E-state index < -0.39 is 0 Å². The molecule has 0 aliphatic rings. The van der Waals surface area contributed by atoms with Crippen LogP contribution in [0.25, 0.3) is 10.9 Å². The minimum atomic E-state index is -0.0556. The number of fused-ring (bicyclic) bond motifs is 1. The lowest BCUT2D eigenvalue weighted by Gasteiger charge is -1.99. The number of rotatable bonds is 1. The standard InChI is InChI=1S/C11H9NO2/c1-7(13)10-4-2-8-6-9(14)3-5-11(8)12-10/h2-6,14H,1H3. The molecule has 1 N–H and O–H groups in total. The zero-order valence-electron chi connectivity index (χ0n) is 7.69. The first-order chi connectivity index (χ1) is 6.66. The molecule has 1 aromatic heterocycles. The number of pyridine rings is 1. The van der Waals surface area contributed by atoms with Crippen molar-refractivity contribution in [2.45, 2.75) is 6.92 Å². The number of hydrogen-bond donors (Lipinski definition) is 1. The van der Waals surface area contributed by atoms with E-state index in [0.717, 1.165) is 10.9 Å². The van der Waals surface area contributed by atoms with Gasteiger partial charge in [-0.05, 0) is 24.3 Å². The Hall–Kier alpha value is -1.90. The van der Waals surface area contributed by atoms with Gasteiger partial charge in [0.1, 0.15) is 11.4 Å². The van der Waals surface area contributed by atoms with Crippen molar-refractivity contribution in [2.24, 2.45) is 0 Å². The molecule has 0 bridgehead atoms. The van der Waals surface area contributed by atoms with Gasteiger partial charge in [0.25, 0.3) is 0 Å². The third-order valence-electron chi connectivity index (χ3n) is 2.03. The van der Waals surface area contributed by atoms with Gasteiger partial charge in [-0.1, -0.05) is 6.07 Å². The molecule has 0 saturated carbocycles. The molecular formula is C11H9NO2. The number of phenolic OH excluding ortho intramolecular Hbond substituents is 1. The van der Waals surface area contributed by atoms with Gasteiger partial charge in [0.2, 0.25) is 0 Å². The molecular weight excluding hydrogens is 178 g/mol. The van der Waals surface area contributed by atoms with Crippen LogP contribution in [-0.4, -0.2) is 15.9 Å². The van der Waals surface area contributed by atoms with Crippen molar-refractivity contribution in [1.29, 1.82) is 0 Å². The second-order valence-electron chi connectivity index (χ2n) is 3.13. The van der Waals surface area contributed by atoms with Gasteiger partial charge in [-0.15, -0.1) is 0 Å². The Morgan fingerprint density at radius 1 is 1.29 bits per heavy atom. The van der Waals surface area contributed by atoms with Gasteiger partial charge in [-0.3, -0.25) is 4.79 Å². The summed E-state index contributed by atoms with van der Waals surface area (Å²) in [7, 11) is 0. The molecule has 3 nitrogen and oxygen atoms in total. The monoisotopic (exact) mass is 187 g/mol. The number of aromatic hydroxyl groups is 1. The summed E-state index contributed by atoms with van der Waals surface area (Å²) < 4.78 is 0. The first-order valence-corrected chi connectivity index (χ1v) is 4.27. The molecule has 0 spiro atoms. The zero-order chi connectivity index (χ0) is 10.1. The molecule has 0 amide bonds. The van der Waals surface area contributed by atoms with Crippen LogP contribution in [0.2, 0.25) is 0 Å². The van der Waals surface area contributed by atoms with Gasteiger partial charge in [0, 0.05) is 12.3 Å². The van der Waals surface area contributed by atoms with E-state index in [1.165, 1.54) is 6.92 Å². The van der Waals surface area contributed by atoms with E-state index in [2.05, 4.69) is 4.98 Å². The first kappa shape index (κ1) is 8.69. The van der Waals surface area contributed by atoms with Crippen LogP contribution in [0.5, 0.6) is 5.75 Å². The van der Waals surface area contributed by atoms with Gasteiger partial charge < -0.3 is 5.11 Å². The molecule has 0 aliphatic heterocycles.